The molecule has 1 N–H and O–H groups in total. The van der Waals surface area contributed by atoms with Crippen molar-refractivity contribution in [3.63, 3.8) is 0 Å². The Balaban J connectivity index is 2.40. The number of pyridine rings is 1. The predicted molar refractivity (Wildman–Crippen MR) is 85.0 cm³/mol. The number of aromatic nitrogens is 1. The molecule has 3 nitrogen and oxygen atoms in total. The third kappa shape index (κ3) is 6.90. The molecule has 0 saturated carbocycles. The molecule has 1 unspecified atom stereocenters. The van der Waals surface area contributed by atoms with Crippen LogP contribution in [-0.4, -0.2) is 18.1 Å². The van der Waals surface area contributed by atoms with E-state index in [-0.39, 0.29) is 0 Å². The average Bonchev–Trinajstić information content (AvgIpc) is 2.48. The molecule has 1 aromatic rings. The standard InChI is InChI=1S/C17H30N2O/c1-4-7-8-15(6-3)14-20-17-9-11-19-16(12-17)13-18-10-5-2/h9,11-12,15,18H,4-8,10,13-14H2,1-3H3. The zero-order valence-corrected chi connectivity index (χ0v) is 13.3. The van der Waals surface area contributed by atoms with Crippen molar-refractivity contribution in [1.29, 1.82) is 0 Å². The van der Waals surface area contributed by atoms with Crippen molar-refractivity contribution >= 4 is 0 Å². The van der Waals surface area contributed by atoms with Crippen LogP contribution in [0.4, 0.5) is 0 Å². The zero-order chi connectivity index (χ0) is 14.6. The van der Waals surface area contributed by atoms with Crippen molar-refractivity contribution < 1.29 is 4.74 Å². The van der Waals surface area contributed by atoms with Crippen molar-refractivity contribution in [1.82, 2.24) is 10.3 Å². The van der Waals surface area contributed by atoms with Gasteiger partial charge >= 0.3 is 0 Å². The highest BCUT2D eigenvalue weighted by Gasteiger charge is 2.07. The minimum Gasteiger partial charge on any atom is -0.493 e. The summed E-state index contributed by atoms with van der Waals surface area (Å²) in [5, 5.41) is 3.36. The van der Waals surface area contributed by atoms with E-state index in [1.54, 1.807) is 0 Å². The number of unbranched alkanes of at least 4 members (excludes halogenated alkanes) is 1. The van der Waals surface area contributed by atoms with E-state index < -0.39 is 0 Å². The molecule has 0 aliphatic heterocycles. The fraction of sp³-hybridized carbons (Fsp3) is 0.706. The molecule has 1 aromatic heterocycles. The largest absolute Gasteiger partial charge is 0.493 e. The molecule has 114 valence electrons. The molecule has 1 heterocycles. The monoisotopic (exact) mass is 278 g/mol. The summed E-state index contributed by atoms with van der Waals surface area (Å²) >= 11 is 0. The maximum absolute atomic E-state index is 5.94. The zero-order valence-electron chi connectivity index (χ0n) is 13.3. The summed E-state index contributed by atoms with van der Waals surface area (Å²) in [6.45, 7) is 9.33. The summed E-state index contributed by atoms with van der Waals surface area (Å²) in [7, 11) is 0. The summed E-state index contributed by atoms with van der Waals surface area (Å²) < 4.78 is 5.94. The second kappa shape index (κ2) is 10.7. The van der Waals surface area contributed by atoms with Crippen LogP contribution in [0, 0.1) is 5.92 Å². The molecule has 1 atom stereocenters. The van der Waals surface area contributed by atoms with Gasteiger partial charge in [-0.05, 0) is 31.4 Å². The predicted octanol–water partition coefficient (Wildman–Crippen LogP) is 4.18. The SMILES string of the molecule is CCCCC(CC)COc1ccnc(CNCCC)c1. The van der Waals surface area contributed by atoms with E-state index in [2.05, 4.69) is 37.1 Å². The molecular formula is C17H30N2O. The lowest BCUT2D eigenvalue weighted by Crippen LogP contribution is -2.15. The topological polar surface area (TPSA) is 34.1 Å². The Morgan fingerprint density at radius 1 is 1.25 bits per heavy atom. The van der Waals surface area contributed by atoms with Gasteiger partial charge in [0, 0.05) is 18.8 Å². The van der Waals surface area contributed by atoms with Gasteiger partial charge in [-0.25, -0.2) is 0 Å². The number of rotatable bonds is 11. The van der Waals surface area contributed by atoms with E-state index in [4.69, 9.17) is 4.74 Å². The van der Waals surface area contributed by atoms with Gasteiger partial charge in [0.15, 0.2) is 0 Å². The maximum Gasteiger partial charge on any atom is 0.122 e. The van der Waals surface area contributed by atoms with Gasteiger partial charge in [0.1, 0.15) is 5.75 Å². The number of hydrogen-bond acceptors (Lipinski definition) is 3. The smallest absolute Gasteiger partial charge is 0.122 e. The molecule has 0 amide bonds. The molecular weight excluding hydrogens is 248 g/mol. The lowest BCUT2D eigenvalue weighted by molar-refractivity contribution is 0.233. The van der Waals surface area contributed by atoms with Crippen LogP contribution in [0.5, 0.6) is 5.75 Å². The van der Waals surface area contributed by atoms with E-state index in [1.165, 1.54) is 25.7 Å². The Labute approximate surface area is 124 Å². The van der Waals surface area contributed by atoms with Gasteiger partial charge in [0.25, 0.3) is 0 Å². The summed E-state index contributed by atoms with van der Waals surface area (Å²) in [4.78, 5) is 4.37. The first-order valence-electron chi connectivity index (χ1n) is 8.08. The van der Waals surface area contributed by atoms with Crippen LogP contribution < -0.4 is 10.1 Å². The van der Waals surface area contributed by atoms with Crippen LogP contribution in [0.1, 0.15) is 58.6 Å². The van der Waals surface area contributed by atoms with Gasteiger partial charge < -0.3 is 10.1 Å². The lowest BCUT2D eigenvalue weighted by Gasteiger charge is -2.15. The molecule has 0 fully saturated rings. The number of hydrogen-bond donors (Lipinski definition) is 1. The van der Waals surface area contributed by atoms with E-state index in [0.717, 1.165) is 37.6 Å². The quantitative estimate of drug-likeness (QED) is 0.617. The fourth-order valence-corrected chi connectivity index (χ4v) is 2.15. The molecule has 0 radical (unpaired) electrons. The normalized spacial score (nSPS) is 12.3. The van der Waals surface area contributed by atoms with Gasteiger partial charge in [0.2, 0.25) is 0 Å². The van der Waals surface area contributed by atoms with Gasteiger partial charge in [-0.2, -0.15) is 0 Å². The number of ether oxygens (including phenoxy) is 1. The van der Waals surface area contributed by atoms with Crippen molar-refractivity contribution in [2.75, 3.05) is 13.2 Å². The van der Waals surface area contributed by atoms with Crippen molar-refractivity contribution in [3.05, 3.63) is 24.0 Å². The molecule has 20 heavy (non-hydrogen) atoms. The second-order valence-electron chi connectivity index (χ2n) is 5.39. The van der Waals surface area contributed by atoms with E-state index in [0.29, 0.717) is 5.92 Å². The van der Waals surface area contributed by atoms with Gasteiger partial charge in [-0.3, -0.25) is 4.98 Å². The summed E-state index contributed by atoms with van der Waals surface area (Å²) in [5.41, 5.74) is 1.05. The van der Waals surface area contributed by atoms with Gasteiger partial charge in [-0.15, -0.1) is 0 Å². The van der Waals surface area contributed by atoms with Gasteiger partial charge in [0.05, 0.1) is 12.3 Å². The van der Waals surface area contributed by atoms with Crippen LogP contribution in [0.25, 0.3) is 0 Å². The van der Waals surface area contributed by atoms with Crippen LogP contribution in [-0.2, 0) is 6.54 Å². The van der Waals surface area contributed by atoms with Crippen molar-refractivity contribution in [2.45, 2.75) is 59.4 Å². The average molecular weight is 278 g/mol. The van der Waals surface area contributed by atoms with Crippen molar-refractivity contribution in [3.8, 4) is 5.75 Å². The Hall–Kier alpha value is -1.09. The Bertz CT molecular complexity index is 355. The highest BCUT2D eigenvalue weighted by Crippen LogP contribution is 2.17. The van der Waals surface area contributed by atoms with Crippen LogP contribution in [0.3, 0.4) is 0 Å². The first-order chi connectivity index (χ1) is 9.80. The maximum atomic E-state index is 5.94. The molecule has 0 spiro atoms. The molecule has 0 aromatic carbocycles. The first kappa shape index (κ1) is 17.0. The molecule has 1 rings (SSSR count). The second-order valence-corrected chi connectivity index (χ2v) is 5.39. The fourth-order valence-electron chi connectivity index (χ4n) is 2.15. The molecule has 0 aliphatic carbocycles. The summed E-state index contributed by atoms with van der Waals surface area (Å²) in [5.74, 6) is 1.62. The van der Waals surface area contributed by atoms with E-state index >= 15 is 0 Å². The van der Waals surface area contributed by atoms with Crippen molar-refractivity contribution in [2.24, 2.45) is 5.92 Å². The molecule has 0 saturated heterocycles. The highest BCUT2D eigenvalue weighted by atomic mass is 16.5. The van der Waals surface area contributed by atoms with Crippen LogP contribution >= 0.6 is 0 Å². The minimum absolute atomic E-state index is 0.671. The van der Waals surface area contributed by atoms with Crippen LogP contribution in [0.15, 0.2) is 18.3 Å². The number of nitrogens with one attached hydrogen (secondary N) is 1. The van der Waals surface area contributed by atoms with E-state index in [1.807, 2.05) is 12.3 Å². The van der Waals surface area contributed by atoms with Crippen LogP contribution in [0.2, 0.25) is 0 Å². The Kier molecular flexibility index (Phi) is 9.05. The Morgan fingerprint density at radius 2 is 2.10 bits per heavy atom. The summed E-state index contributed by atoms with van der Waals surface area (Å²) in [6.07, 6.45) is 8.00. The molecule has 3 heteroatoms. The number of nitrogens with zero attached hydrogens (tertiary/aromatic N) is 1. The lowest BCUT2D eigenvalue weighted by atomic mass is 10.0. The third-order valence-electron chi connectivity index (χ3n) is 3.55. The highest BCUT2D eigenvalue weighted by molar-refractivity contribution is 5.22. The minimum atomic E-state index is 0.671. The third-order valence-corrected chi connectivity index (χ3v) is 3.55. The molecule has 0 bridgehead atoms. The molecule has 0 aliphatic rings. The first-order valence-corrected chi connectivity index (χ1v) is 8.08. The Morgan fingerprint density at radius 3 is 2.80 bits per heavy atom. The van der Waals surface area contributed by atoms with E-state index in [9.17, 15) is 0 Å². The van der Waals surface area contributed by atoms with Gasteiger partial charge in [-0.1, -0.05) is 40.0 Å². The summed E-state index contributed by atoms with van der Waals surface area (Å²) in [6, 6.07) is 4.01.